The lowest BCUT2D eigenvalue weighted by atomic mass is 10.2. The zero-order valence-corrected chi connectivity index (χ0v) is 16.2. The van der Waals surface area contributed by atoms with E-state index >= 15 is 0 Å². The minimum Gasteiger partial charge on any atom is -0.454 e. The first kappa shape index (κ1) is 21.5. The Balaban J connectivity index is 1.59. The summed E-state index contributed by atoms with van der Waals surface area (Å²) in [5.74, 6) is -0.518. The monoisotopic (exact) mass is 441 g/mol. The topological polar surface area (TPSA) is 73.9 Å². The minimum absolute atomic E-state index is 0.0856. The molecule has 1 heterocycles. The number of benzene rings is 2. The molecule has 2 aromatic rings. The van der Waals surface area contributed by atoms with Crippen molar-refractivity contribution in [1.29, 1.82) is 0 Å². The lowest BCUT2D eigenvalue weighted by molar-refractivity contribution is -0.148. The molecule has 1 atom stereocenters. The van der Waals surface area contributed by atoms with Gasteiger partial charge in [0.1, 0.15) is 0 Å². The number of rotatable bonds is 5. The number of amides is 1. The van der Waals surface area contributed by atoms with Crippen molar-refractivity contribution in [1.82, 2.24) is 0 Å². The summed E-state index contributed by atoms with van der Waals surface area (Å²) in [7, 11) is 0. The summed E-state index contributed by atoms with van der Waals surface area (Å²) in [6.45, 7) is 1.40. The average Bonchev–Trinajstić information content (AvgIpc) is 3.15. The highest BCUT2D eigenvalue weighted by molar-refractivity contribution is 6.33. The number of esters is 1. The van der Waals surface area contributed by atoms with Crippen LogP contribution in [0.5, 0.6) is 11.5 Å². The Bertz CT molecular complexity index is 1010. The van der Waals surface area contributed by atoms with Crippen LogP contribution in [0.3, 0.4) is 0 Å². The molecule has 0 spiro atoms. The van der Waals surface area contributed by atoms with Gasteiger partial charge in [-0.2, -0.15) is 13.2 Å². The van der Waals surface area contributed by atoms with Crippen molar-refractivity contribution >= 4 is 35.2 Å². The van der Waals surface area contributed by atoms with Crippen molar-refractivity contribution in [2.45, 2.75) is 19.2 Å². The van der Waals surface area contributed by atoms with Crippen LogP contribution in [0.1, 0.15) is 18.1 Å². The smallest absolute Gasteiger partial charge is 0.416 e. The molecule has 1 N–H and O–H groups in total. The van der Waals surface area contributed by atoms with E-state index in [1.54, 1.807) is 18.2 Å². The Kier molecular flexibility index (Phi) is 6.21. The highest BCUT2D eigenvalue weighted by Gasteiger charge is 2.31. The van der Waals surface area contributed by atoms with E-state index in [1.165, 1.54) is 13.0 Å². The van der Waals surface area contributed by atoms with Gasteiger partial charge in [0, 0.05) is 6.08 Å². The highest BCUT2D eigenvalue weighted by atomic mass is 35.5. The van der Waals surface area contributed by atoms with Gasteiger partial charge in [-0.1, -0.05) is 17.7 Å². The van der Waals surface area contributed by atoms with Crippen molar-refractivity contribution in [2.24, 2.45) is 0 Å². The number of halogens is 4. The van der Waals surface area contributed by atoms with Crippen LogP contribution in [-0.4, -0.2) is 24.8 Å². The number of carbonyl (C=O) groups excluding carboxylic acids is 2. The van der Waals surface area contributed by atoms with Crippen LogP contribution in [0.4, 0.5) is 18.9 Å². The average molecular weight is 442 g/mol. The number of ether oxygens (including phenoxy) is 3. The first-order chi connectivity index (χ1) is 14.1. The van der Waals surface area contributed by atoms with Crippen molar-refractivity contribution in [3.05, 3.63) is 58.6 Å². The molecule has 0 aromatic heterocycles. The molecule has 0 saturated heterocycles. The first-order valence-electron chi connectivity index (χ1n) is 8.59. The van der Waals surface area contributed by atoms with E-state index in [9.17, 15) is 22.8 Å². The van der Waals surface area contributed by atoms with E-state index in [0.29, 0.717) is 23.1 Å². The van der Waals surface area contributed by atoms with E-state index in [1.807, 2.05) is 0 Å². The Morgan fingerprint density at radius 3 is 2.63 bits per heavy atom. The maximum Gasteiger partial charge on any atom is 0.416 e. The molecule has 1 aliphatic heterocycles. The molecule has 0 fully saturated rings. The number of hydrogen-bond acceptors (Lipinski definition) is 5. The number of alkyl halides is 3. The van der Waals surface area contributed by atoms with E-state index < -0.39 is 29.7 Å². The van der Waals surface area contributed by atoms with E-state index in [4.69, 9.17) is 25.8 Å². The summed E-state index contributed by atoms with van der Waals surface area (Å²) in [6.07, 6.45) is -3.30. The predicted octanol–water partition coefficient (Wildman–Crippen LogP) is 4.67. The third-order valence-corrected chi connectivity index (χ3v) is 4.35. The van der Waals surface area contributed by atoms with Crippen LogP contribution < -0.4 is 14.8 Å². The highest BCUT2D eigenvalue weighted by Crippen LogP contribution is 2.34. The van der Waals surface area contributed by atoms with E-state index in [0.717, 1.165) is 18.2 Å². The molecular weight excluding hydrogens is 427 g/mol. The van der Waals surface area contributed by atoms with Gasteiger partial charge in [-0.3, -0.25) is 4.79 Å². The number of fused-ring (bicyclic) bond motifs is 1. The molecule has 30 heavy (non-hydrogen) atoms. The fourth-order valence-electron chi connectivity index (χ4n) is 2.48. The van der Waals surface area contributed by atoms with Gasteiger partial charge in [-0.25, -0.2) is 4.79 Å². The number of carbonyl (C=O) groups is 2. The standard InChI is InChI=1S/C20H15ClF3NO5/c1-11(19(27)25-15-9-13(20(22,23)24)4-5-14(15)21)30-18(26)7-3-12-2-6-16-17(8-12)29-10-28-16/h2-9,11H,10H2,1H3,(H,25,27). The van der Waals surface area contributed by atoms with Crippen LogP contribution >= 0.6 is 11.6 Å². The molecule has 158 valence electrons. The van der Waals surface area contributed by atoms with Crippen LogP contribution in [0, 0.1) is 0 Å². The van der Waals surface area contributed by atoms with Gasteiger partial charge in [0.2, 0.25) is 6.79 Å². The maximum absolute atomic E-state index is 12.8. The SMILES string of the molecule is CC(OC(=O)C=Cc1ccc2c(c1)OCO2)C(=O)Nc1cc(C(F)(F)F)ccc1Cl. The normalized spacial score (nSPS) is 13.9. The molecule has 10 heteroatoms. The zero-order chi connectivity index (χ0) is 21.9. The number of nitrogens with one attached hydrogen (secondary N) is 1. The lowest BCUT2D eigenvalue weighted by Crippen LogP contribution is -2.29. The van der Waals surface area contributed by atoms with Crippen LogP contribution in [0.15, 0.2) is 42.5 Å². The summed E-state index contributed by atoms with van der Waals surface area (Å²) < 4.78 is 53.8. The molecule has 1 aliphatic rings. The van der Waals surface area contributed by atoms with Crippen LogP contribution in [0.2, 0.25) is 5.02 Å². The fraction of sp³-hybridized carbons (Fsp3) is 0.200. The molecule has 1 unspecified atom stereocenters. The van der Waals surface area contributed by atoms with Gasteiger partial charge in [-0.15, -0.1) is 0 Å². The molecule has 0 aliphatic carbocycles. The van der Waals surface area contributed by atoms with Crippen molar-refractivity contribution in [3.8, 4) is 11.5 Å². The van der Waals surface area contributed by atoms with Gasteiger partial charge in [0.05, 0.1) is 16.3 Å². The summed E-state index contributed by atoms with van der Waals surface area (Å²) >= 11 is 5.84. The molecule has 2 aromatic carbocycles. The van der Waals surface area contributed by atoms with Gasteiger partial charge in [0.15, 0.2) is 17.6 Å². The van der Waals surface area contributed by atoms with Crippen LogP contribution in [-0.2, 0) is 20.5 Å². The summed E-state index contributed by atoms with van der Waals surface area (Å²) in [5.41, 5.74) is -0.571. The van der Waals surface area contributed by atoms with E-state index in [-0.39, 0.29) is 17.5 Å². The fourth-order valence-corrected chi connectivity index (χ4v) is 2.64. The molecule has 3 rings (SSSR count). The Morgan fingerprint density at radius 1 is 1.17 bits per heavy atom. The van der Waals surface area contributed by atoms with Gasteiger partial charge in [-0.05, 0) is 48.9 Å². The lowest BCUT2D eigenvalue weighted by Gasteiger charge is -2.15. The van der Waals surface area contributed by atoms with Crippen molar-refractivity contribution in [2.75, 3.05) is 12.1 Å². The molecule has 0 bridgehead atoms. The van der Waals surface area contributed by atoms with Crippen molar-refractivity contribution in [3.63, 3.8) is 0 Å². The molecule has 0 saturated carbocycles. The van der Waals surface area contributed by atoms with E-state index in [2.05, 4.69) is 5.32 Å². The van der Waals surface area contributed by atoms with Gasteiger partial charge < -0.3 is 19.5 Å². The molecular formula is C20H15ClF3NO5. The van der Waals surface area contributed by atoms with Gasteiger partial charge in [0.25, 0.3) is 5.91 Å². The molecule has 6 nitrogen and oxygen atoms in total. The quantitative estimate of drug-likeness (QED) is 0.539. The summed E-state index contributed by atoms with van der Waals surface area (Å²) in [6, 6.07) is 7.56. The zero-order valence-electron chi connectivity index (χ0n) is 15.5. The predicted molar refractivity (Wildman–Crippen MR) is 102 cm³/mol. The summed E-state index contributed by atoms with van der Waals surface area (Å²) in [5, 5.41) is 2.14. The minimum atomic E-state index is -4.60. The maximum atomic E-state index is 12.8. The second-order valence-electron chi connectivity index (χ2n) is 6.21. The van der Waals surface area contributed by atoms with Crippen molar-refractivity contribution < 1.29 is 37.0 Å². The third-order valence-electron chi connectivity index (χ3n) is 4.02. The van der Waals surface area contributed by atoms with Gasteiger partial charge >= 0.3 is 12.1 Å². The third kappa shape index (κ3) is 5.24. The second kappa shape index (κ2) is 8.66. The second-order valence-corrected chi connectivity index (χ2v) is 6.61. The number of anilines is 1. The Hall–Kier alpha value is -3.20. The van der Waals surface area contributed by atoms with Crippen LogP contribution in [0.25, 0.3) is 6.08 Å². The molecule has 1 amide bonds. The Labute approximate surface area is 174 Å². The first-order valence-corrected chi connectivity index (χ1v) is 8.97. The number of hydrogen-bond donors (Lipinski definition) is 1. The largest absolute Gasteiger partial charge is 0.454 e. The summed E-state index contributed by atoms with van der Waals surface area (Å²) in [4.78, 5) is 24.1. The Morgan fingerprint density at radius 2 is 1.90 bits per heavy atom. The molecule has 0 radical (unpaired) electrons.